The molecule has 0 fully saturated rings. The molecule has 3 N–H and O–H groups in total. The van der Waals surface area contributed by atoms with Crippen LogP contribution in [0.1, 0.15) is 25.6 Å². The maximum atomic E-state index is 12.1. The molecule has 0 saturated carbocycles. The summed E-state index contributed by atoms with van der Waals surface area (Å²) in [7, 11) is 0. The largest absolute Gasteiger partial charge is 0.393 e. The molecule has 2 unspecified atom stereocenters. The topological polar surface area (TPSA) is 55.1 Å². The minimum absolute atomic E-state index is 0.0680. The first-order chi connectivity index (χ1) is 8.41. The first kappa shape index (κ1) is 15.1. The second kappa shape index (κ2) is 6.85. The van der Waals surface area contributed by atoms with Crippen molar-refractivity contribution in [1.29, 1.82) is 0 Å². The SMILES string of the molecule is CC(Cc1cccs1)NC(=O)C(C(N)=S)C(C)C. The Bertz CT molecular complexity index is 401. The molecule has 0 radical (unpaired) electrons. The molecule has 1 aromatic rings. The molecule has 2 atom stereocenters. The van der Waals surface area contributed by atoms with E-state index in [1.165, 1.54) is 4.88 Å². The predicted molar refractivity (Wildman–Crippen MR) is 80.7 cm³/mol. The highest BCUT2D eigenvalue weighted by Gasteiger charge is 2.25. The summed E-state index contributed by atoms with van der Waals surface area (Å²) in [5.74, 6) is -0.330. The van der Waals surface area contributed by atoms with Crippen molar-refractivity contribution in [3.8, 4) is 0 Å². The molecule has 5 heteroatoms. The minimum Gasteiger partial charge on any atom is -0.393 e. The number of thiophene rings is 1. The Labute approximate surface area is 118 Å². The third-order valence-electron chi connectivity index (χ3n) is 2.73. The summed E-state index contributed by atoms with van der Waals surface area (Å²) in [5, 5.41) is 5.02. The monoisotopic (exact) mass is 284 g/mol. The van der Waals surface area contributed by atoms with Crippen LogP contribution in [0.15, 0.2) is 17.5 Å². The van der Waals surface area contributed by atoms with Gasteiger partial charge in [0.25, 0.3) is 0 Å². The molecule has 0 aromatic carbocycles. The summed E-state index contributed by atoms with van der Waals surface area (Å²) in [6.07, 6.45) is 0.839. The van der Waals surface area contributed by atoms with Gasteiger partial charge < -0.3 is 11.1 Å². The maximum absolute atomic E-state index is 12.1. The van der Waals surface area contributed by atoms with Gasteiger partial charge in [0.15, 0.2) is 0 Å². The van der Waals surface area contributed by atoms with E-state index in [1.807, 2.05) is 32.2 Å². The number of nitrogens with one attached hydrogen (secondary N) is 1. The van der Waals surface area contributed by atoms with E-state index in [1.54, 1.807) is 11.3 Å². The molecular formula is C13H20N2OS2. The lowest BCUT2D eigenvalue weighted by Crippen LogP contribution is -2.44. The molecule has 18 heavy (non-hydrogen) atoms. The average Bonchev–Trinajstić information content (AvgIpc) is 2.67. The summed E-state index contributed by atoms with van der Waals surface area (Å²) >= 11 is 6.65. The molecule has 0 spiro atoms. The molecule has 1 amide bonds. The zero-order chi connectivity index (χ0) is 13.7. The number of carbonyl (C=O) groups is 1. The quantitative estimate of drug-likeness (QED) is 0.789. The molecule has 1 rings (SSSR count). The Balaban J connectivity index is 2.55. The molecule has 0 bridgehead atoms. The molecule has 0 aliphatic heterocycles. The van der Waals surface area contributed by atoms with Crippen LogP contribution in [-0.2, 0) is 11.2 Å². The number of hydrogen-bond donors (Lipinski definition) is 2. The van der Waals surface area contributed by atoms with Crippen molar-refractivity contribution in [2.24, 2.45) is 17.6 Å². The van der Waals surface area contributed by atoms with Crippen molar-refractivity contribution in [1.82, 2.24) is 5.32 Å². The van der Waals surface area contributed by atoms with Crippen LogP contribution in [0.3, 0.4) is 0 Å². The van der Waals surface area contributed by atoms with Gasteiger partial charge in [-0.2, -0.15) is 0 Å². The fourth-order valence-electron chi connectivity index (χ4n) is 1.87. The van der Waals surface area contributed by atoms with Crippen LogP contribution >= 0.6 is 23.6 Å². The summed E-state index contributed by atoms with van der Waals surface area (Å²) in [6.45, 7) is 5.90. The molecule has 3 nitrogen and oxygen atoms in total. The van der Waals surface area contributed by atoms with E-state index < -0.39 is 0 Å². The van der Waals surface area contributed by atoms with E-state index >= 15 is 0 Å². The van der Waals surface area contributed by atoms with Gasteiger partial charge in [0.05, 0.1) is 10.9 Å². The Hall–Kier alpha value is -0.940. The smallest absolute Gasteiger partial charge is 0.230 e. The van der Waals surface area contributed by atoms with Gasteiger partial charge in [-0.1, -0.05) is 32.1 Å². The van der Waals surface area contributed by atoms with Crippen LogP contribution in [-0.4, -0.2) is 16.9 Å². The normalized spacial score (nSPS) is 14.2. The van der Waals surface area contributed by atoms with Gasteiger partial charge in [-0.15, -0.1) is 11.3 Å². The van der Waals surface area contributed by atoms with E-state index in [-0.39, 0.29) is 28.8 Å². The molecule has 100 valence electrons. The van der Waals surface area contributed by atoms with Gasteiger partial charge in [0.1, 0.15) is 0 Å². The van der Waals surface area contributed by atoms with Crippen LogP contribution in [0.2, 0.25) is 0 Å². The first-order valence-electron chi connectivity index (χ1n) is 6.04. The summed E-state index contributed by atoms with van der Waals surface area (Å²) in [4.78, 5) is 13.6. The predicted octanol–water partition coefficient (Wildman–Crippen LogP) is 2.35. The van der Waals surface area contributed by atoms with Crippen LogP contribution < -0.4 is 11.1 Å². The third kappa shape index (κ3) is 4.38. The van der Waals surface area contributed by atoms with Gasteiger partial charge >= 0.3 is 0 Å². The Morgan fingerprint density at radius 1 is 1.50 bits per heavy atom. The molecule has 0 saturated heterocycles. The maximum Gasteiger partial charge on any atom is 0.230 e. The number of thiocarbonyl (C=S) groups is 1. The molecule has 1 heterocycles. The van der Waals surface area contributed by atoms with Crippen molar-refractivity contribution >= 4 is 34.5 Å². The van der Waals surface area contributed by atoms with E-state index in [0.717, 1.165) is 6.42 Å². The molecule has 1 aromatic heterocycles. The zero-order valence-electron chi connectivity index (χ0n) is 11.0. The molecule has 0 aliphatic rings. The first-order valence-corrected chi connectivity index (χ1v) is 7.32. The fourth-order valence-corrected chi connectivity index (χ4v) is 3.09. The van der Waals surface area contributed by atoms with Crippen molar-refractivity contribution in [2.45, 2.75) is 33.2 Å². The summed E-state index contributed by atoms with van der Waals surface area (Å²) in [6, 6.07) is 4.17. The molecule has 0 aliphatic carbocycles. The van der Waals surface area contributed by atoms with Gasteiger partial charge in [0.2, 0.25) is 5.91 Å². The Morgan fingerprint density at radius 3 is 2.61 bits per heavy atom. The van der Waals surface area contributed by atoms with Crippen molar-refractivity contribution in [3.05, 3.63) is 22.4 Å². The minimum atomic E-state index is -0.384. The third-order valence-corrected chi connectivity index (χ3v) is 3.88. The van der Waals surface area contributed by atoms with Crippen molar-refractivity contribution < 1.29 is 4.79 Å². The van der Waals surface area contributed by atoms with E-state index in [4.69, 9.17) is 18.0 Å². The van der Waals surface area contributed by atoms with Crippen molar-refractivity contribution in [2.75, 3.05) is 0 Å². The lowest BCUT2D eigenvalue weighted by molar-refractivity contribution is -0.124. The van der Waals surface area contributed by atoms with E-state index in [9.17, 15) is 4.79 Å². The van der Waals surface area contributed by atoms with Gasteiger partial charge in [-0.3, -0.25) is 4.79 Å². The van der Waals surface area contributed by atoms with Crippen LogP contribution in [0.25, 0.3) is 0 Å². The van der Waals surface area contributed by atoms with Gasteiger partial charge in [-0.05, 0) is 24.3 Å². The zero-order valence-corrected chi connectivity index (χ0v) is 12.6. The highest BCUT2D eigenvalue weighted by Crippen LogP contribution is 2.14. The highest BCUT2D eigenvalue weighted by molar-refractivity contribution is 7.80. The second-order valence-electron chi connectivity index (χ2n) is 4.82. The van der Waals surface area contributed by atoms with Crippen LogP contribution in [0.4, 0.5) is 0 Å². The number of carbonyl (C=O) groups excluding carboxylic acids is 1. The Morgan fingerprint density at radius 2 is 2.17 bits per heavy atom. The lowest BCUT2D eigenvalue weighted by atomic mass is 9.94. The van der Waals surface area contributed by atoms with E-state index in [2.05, 4.69) is 11.4 Å². The number of amides is 1. The van der Waals surface area contributed by atoms with Gasteiger partial charge in [0, 0.05) is 17.3 Å². The van der Waals surface area contributed by atoms with Crippen LogP contribution in [0.5, 0.6) is 0 Å². The van der Waals surface area contributed by atoms with E-state index in [0.29, 0.717) is 0 Å². The number of nitrogens with two attached hydrogens (primary N) is 1. The van der Waals surface area contributed by atoms with Gasteiger partial charge in [-0.25, -0.2) is 0 Å². The highest BCUT2D eigenvalue weighted by atomic mass is 32.1. The second-order valence-corrected chi connectivity index (χ2v) is 6.32. The average molecular weight is 284 g/mol. The molecular weight excluding hydrogens is 264 g/mol. The lowest BCUT2D eigenvalue weighted by Gasteiger charge is -2.21. The number of hydrogen-bond acceptors (Lipinski definition) is 3. The summed E-state index contributed by atoms with van der Waals surface area (Å²) in [5.41, 5.74) is 5.62. The number of rotatable bonds is 6. The fraction of sp³-hybridized carbons (Fsp3) is 0.538. The Kier molecular flexibility index (Phi) is 5.75. The van der Waals surface area contributed by atoms with Crippen molar-refractivity contribution in [3.63, 3.8) is 0 Å². The summed E-state index contributed by atoms with van der Waals surface area (Å²) < 4.78 is 0. The standard InChI is InChI=1S/C13H20N2OS2/c1-8(2)11(12(14)17)13(16)15-9(3)7-10-5-4-6-18-10/h4-6,8-9,11H,7H2,1-3H3,(H2,14,17)(H,15,16). The van der Waals surface area contributed by atoms with Crippen LogP contribution in [0, 0.1) is 11.8 Å².